The summed E-state index contributed by atoms with van der Waals surface area (Å²) in [6.45, 7) is 2.07. The minimum atomic E-state index is -0.465. The van der Waals surface area contributed by atoms with E-state index < -0.39 is 4.92 Å². The molecular weight excluding hydrogens is 274 g/mol. The number of rotatable bonds is 5. The van der Waals surface area contributed by atoms with Gasteiger partial charge in [-0.25, -0.2) is 0 Å². The Hall–Kier alpha value is -1.01. The molecule has 0 fully saturated rings. The topological polar surface area (TPSA) is 82.0 Å². The molecule has 1 rings (SSSR count). The summed E-state index contributed by atoms with van der Waals surface area (Å²) in [5.74, 6) is 0. The molecule has 6 heteroatoms. The number of hydrogen-bond acceptors (Lipinski definition) is 4. The molecule has 0 aliphatic carbocycles. The number of hydrogen-bond donors (Lipinski definition) is 1. The lowest BCUT2D eigenvalue weighted by molar-refractivity contribution is -0.385. The van der Waals surface area contributed by atoms with Gasteiger partial charge in [-0.1, -0.05) is 13.3 Å². The van der Waals surface area contributed by atoms with Crippen LogP contribution in [0.15, 0.2) is 16.7 Å². The van der Waals surface area contributed by atoms with Crippen LogP contribution in [0.2, 0.25) is 0 Å². The van der Waals surface area contributed by atoms with Gasteiger partial charge >= 0.3 is 0 Å². The fourth-order valence-electron chi connectivity index (χ4n) is 1.43. The average molecular weight is 288 g/mol. The summed E-state index contributed by atoms with van der Waals surface area (Å²) in [6, 6.07) is 1.51. The molecule has 0 aromatic carbocycles. The van der Waals surface area contributed by atoms with Gasteiger partial charge in [0.1, 0.15) is 6.20 Å². The normalized spacial score (nSPS) is 12.4. The van der Waals surface area contributed by atoms with Crippen LogP contribution < -0.4 is 5.73 Å². The van der Waals surface area contributed by atoms with Crippen LogP contribution >= 0.6 is 15.9 Å². The molecule has 1 aromatic rings. The third kappa shape index (κ3) is 3.53. The quantitative estimate of drug-likeness (QED) is 0.666. The summed E-state index contributed by atoms with van der Waals surface area (Å²) < 4.78 is 0.647. The lowest BCUT2D eigenvalue weighted by atomic mass is 10.1. The number of nitrogens with two attached hydrogens (primary N) is 1. The van der Waals surface area contributed by atoms with Crippen molar-refractivity contribution in [3.63, 3.8) is 0 Å². The molecule has 1 heterocycles. The fourth-order valence-corrected chi connectivity index (χ4v) is 1.93. The van der Waals surface area contributed by atoms with Gasteiger partial charge in [-0.15, -0.1) is 0 Å². The van der Waals surface area contributed by atoms with Crippen LogP contribution in [0, 0.1) is 10.1 Å². The second-order valence-electron chi connectivity index (χ2n) is 3.63. The first-order valence-corrected chi connectivity index (χ1v) is 5.88. The van der Waals surface area contributed by atoms with Crippen LogP contribution in [0.25, 0.3) is 0 Å². The van der Waals surface area contributed by atoms with Crippen molar-refractivity contribution in [2.24, 2.45) is 5.73 Å². The Labute approximate surface area is 102 Å². The Morgan fingerprint density at radius 1 is 1.69 bits per heavy atom. The summed E-state index contributed by atoms with van der Waals surface area (Å²) in [5, 5.41) is 10.5. The van der Waals surface area contributed by atoms with Gasteiger partial charge in [-0.3, -0.25) is 15.1 Å². The molecule has 1 unspecified atom stereocenters. The number of aromatic nitrogens is 1. The van der Waals surface area contributed by atoms with Gasteiger partial charge in [-0.2, -0.15) is 0 Å². The van der Waals surface area contributed by atoms with Crippen molar-refractivity contribution in [3.8, 4) is 0 Å². The van der Waals surface area contributed by atoms with Gasteiger partial charge in [0.2, 0.25) is 0 Å². The molecule has 88 valence electrons. The number of halogens is 1. The molecule has 2 N–H and O–H groups in total. The lowest BCUT2D eigenvalue weighted by Crippen LogP contribution is -2.23. The van der Waals surface area contributed by atoms with Crippen molar-refractivity contribution < 1.29 is 4.92 Å². The molecule has 0 aliphatic heterocycles. The van der Waals surface area contributed by atoms with Crippen molar-refractivity contribution in [1.82, 2.24) is 4.98 Å². The lowest BCUT2D eigenvalue weighted by Gasteiger charge is -2.10. The van der Waals surface area contributed by atoms with E-state index in [1.54, 1.807) is 0 Å². The van der Waals surface area contributed by atoms with Crippen LogP contribution in [0.5, 0.6) is 0 Å². The monoisotopic (exact) mass is 287 g/mol. The second-order valence-corrected chi connectivity index (χ2v) is 4.49. The van der Waals surface area contributed by atoms with Crippen LogP contribution in [0.3, 0.4) is 0 Å². The molecule has 0 saturated heterocycles. The van der Waals surface area contributed by atoms with E-state index in [0.717, 1.165) is 18.5 Å². The van der Waals surface area contributed by atoms with E-state index in [2.05, 4.69) is 27.8 Å². The molecule has 0 spiro atoms. The number of nitrogens with zero attached hydrogens (tertiary/aromatic N) is 2. The molecule has 1 aromatic heterocycles. The first kappa shape index (κ1) is 13.1. The van der Waals surface area contributed by atoms with Crippen LogP contribution in [0.4, 0.5) is 5.69 Å². The van der Waals surface area contributed by atoms with Gasteiger partial charge in [0.05, 0.1) is 10.6 Å². The zero-order valence-electron chi connectivity index (χ0n) is 9.02. The minimum Gasteiger partial charge on any atom is -0.327 e. The van der Waals surface area contributed by atoms with Gasteiger partial charge in [-0.05, 0) is 22.4 Å². The van der Waals surface area contributed by atoms with Gasteiger partial charge in [0, 0.05) is 23.0 Å². The molecule has 1 atom stereocenters. The zero-order valence-corrected chi connectivity index (χ0v) is 10.6. The second kappa shape index (κ2) is 5.91. The number of pyridine rings is 1. The van der Waals surface area contributed by atoms with E-state index in [1.807, 2.05) is 0 Å². The van der Waals surface area contributed by atoms with E-state index in [0.29, 0.717) is 10.9 Å². The Morgan fingerprint density at radius 3 is 2.88 bits per heavy atom. The summed E-state index contributed by atoms with van der Waals surface area (Å²) in [4.78, 5) is 14.1. The van der Waals surface area contributed by atoms with E-state index in [4.69, 9.17) is 5.73 Å². The van der Waals surface area contributed by atoms with Crippen LogP contribution in [-0.2, 0) is 6.42 Å². The van der Waals surface area contributed by atoms with E-state index >= 15 is 0 Å². The third-order valence-electron chi connectivity index (χ3n) is 2.23. The predicted molar refractivity (Wildman–Crippen MR) is 65.2 cm³/mol. The first-order valence-electron chi connectivity index (χ1n) is 5.09. The highest BCUT2D eigenvalue weighted by molar-refractivity contribution is 9.10. The molecule has 16 heavy (non-hydrogen) atoms. The van der Waals surface area contributed by atoms with Gasteiger partial charge in [0.15, 0.2) is 0 Å². The molecular formula is C10H14BrN3O2. The fraction of sp³-hybridized carbons (Fsp3) is 0.500. The molecule has 0 saturated carbocycles. The SMILES string of the molecule is CCCC(N)Cc1ncc([N+](=O)[O-])cc1Br. The van der Waals surface area contributed by atoms with Crippen molar-refractivity contribution in [1.29, 1.82) is 0 Å². The molecule has 0 amide bonds. The zero-order chi connectivity index (χ0) is 12.1. The standard InChI is InChI=1S/C10H14BrN3O2/c1-2-3-7(12)4-10-9(11)5-8(6-13-10)14(15)16/h5-7H,2-4,12H2,1H3. The Morgan fingerprint density at radius 2 is 2.38 bits per heavy atom. The first-order chi connectivity index (χ1) is 7.54. The summed E-state index contributed by atoms with van der Waals surface area (Å²) >= 11 is 3.27. The summed E-state index contributed by atoms with van der Waals surface area (Å²) in [7, 11) is 0. The van der Waals surface area contributed by atoms with Crippen molar-refractivity contribution >= 4 is 21.6 Å². The maximum absolute atomic E-state index is 10.5. The van der Waals surface area contributed by atoms with Crippen LogP contribution in [-0.4, -0.2) is 15.9 Å². The molecule has 0 radical (unpaired) electrons. The summed E-state index contributed by atoms with van der Waals surface area (Å²) in [6.07, 6.45) is 3.84. The van der Waals surface area contributed by atoms with E-state index in [-0.39, 0.29) is 11.7 Å². The molecule has 0 bridgehead atoms. The Balaban J connectivity index is 2.79. The smallest absolute Gasteiger partial charge is 0.288 e. The number of nitro groups is 1. The Kier molecular flexibility index (Phi) is 4.82. The highest BCUT2D eigenvalue weighted by atomic mass is 79.9. The molecule has 5 nitrogen and oxygen atoms in total. The maximum atomic E-state index is 10.5. The van der Waals surface area contributed by atoms with E-state index in [1.165, 1.54) is 12.3 Å². The summed E-state index contributed by atoms with van der Waals surface area (Å²) in [5.41, 5.74) is 6.64. The minimum absolute atomic E-state index is 0.0142. The van der Waals surface area contributed by atoms with Crippen molar-refractivity contribution in [2.75, 3.05) is 0 Å². The Bertz CT molecular complexity index is 384. The predicted octanol–water partition coefficient (Wildman–Crippen LogP) is 2.42. The van der Waals surface area contributed by atoms with Crippen molar-refractivity contribution in [2.45, 2.75) is 32.2 Å². The highest BCUT2D eigenvalue weighted by Crippen LogP contribution is 2.21. The van der Waals surface area contributed by atoms with E-state index in [9.17, 15) is 10.1 Å². The van der Waals surface area contributed by atoms with Gasteiger partial charge in [0.25, 0.3) is 5.69 Å². The van der Waals surface area contributed by atoms with Crippen molar-refractivity contribution in [3.05, 3.63) is 32.5 Å². The average Bonchev–Trinajstić information content (AvgIpc) is 2.21. The molecule has 0 aliphatic rings. The van der Waals surface area contributed by atoms with Gasteiger partial charge < -0.3 is 5.73 Å². The van der Waals surface area contributed by atoms with Crippen LogP contribution in [0.1, 0.15) is 25.5 Å². The largest absolute Gasteiger partial charge is 0.327 e. The highest BCUT2D eigenvalue weighted by Gasteiger charge is 2.12. The maximum Gasteiger partial charge on any atom is 0.288 e. The third-order valence-corrected chi connectivity index (χ3v) is 2.92.